The lowest BCUT2D eigenvalue weighted by Gasteiger charge is -2.37. The van der Waals surface area contributed by atoms with Gasteiger partial charge in [0.25, 0.3) is 5.72 Å². The van der Waals surface area contributed by atoms with E-state index in [-0.39, 0.29) is 5.17 Å². The quantitative estimate of drug-likeness (QED) is 0.772. The molecule has 0 saturated heterocycles. The van der Waals surface area contributed by atoms with Gasteiger partial charge in [0, 0.05) is 12.7 Å². The standard InChI is InChI=1S/C8H10F3N3O3S2/c1-4-13-14-5(19(2,16)17)3-7(15,8(9,10)11)12-6(14)18-4/h5,15H,3H2,1-2H3. The van der Waals surface area contributed by atoms with Gasteiger partial charge in [0.15, 0.2) is 20.4 Å². The zero-order valence-corrected chi connectivity index (χ0v) is 11.5. The van der Waals surface area contributed by atoms with Gasteiger partial charge < -0.3 is 5.11 Å². The summed E-state index contributed by atoms with van der Waals surface area (Å²) in [6.45, 7) is 1.51. The number of fused-ring (bicyclic) bond motifs is 1. The fraction of sp³-hybridized carbons (Fsp3) is 0.750. The van der Waals surface area contributed by atoms with Gasteiger partial charge in [0.1, 0.15) is 0 Å². The molecule has 11 heteroatoms. The summed E-state index contributed by atoms with van der Waals surface area (Å²) in [4.78, 5) is 3.22. The van der Waals surface area contributed by atoms with Crippen molar-refractivity contribution in [2.45, 2.75) is 30.6 Å². The van der Waals surface area contributed by atoms with Gasteiger partial charge in [-0.1, -0.05) is 0 Å². The molecule has 0 saturated carbocycles. The molecule has 2 rings (SSSR count). The SMILES string of the molecule is CC1=NN2C(=NC(O)(C(F)(F)F)CC2S(C)(=O)=O)S1. The molecule has 0 fully saturated rings. The lowest BCUT2D eigenvalue weighted by atomic mass is 10.1. The molecule has 0 aromatic rings. The highest BCUT2D eigenvalue weighted by molar-refractivity contribution is 8.26. The predicted octanol–water partition coefficient (Wildman–Crippen LogP) is 0.750. The van der Waals surface area contributed by atoms with E-state index in [4.69, 9.17) is 0 Å². The summed E-state index contributed by atoms with van der Waals surface area (Å²) in [6.07, 6.45) is -5.35. The number of amidine groups is 1. The Kier molecular flexibility index (Phi) is 3.14. The van der Waals surface area contributed by atoms with Gasteiger partial charge in [-0.15, -0.1) is 0 Å². The van der Waals surface area contributed by atoms with Crippen molar-refractivity contribution in [2.75, 3.05) is 6.26 Å². The average molecular weight is 317 g/mol. The maximum atomic E-state index is 12.8. The second-order valence-electron chi connectivity index (χ2n) is 4.26. The average Bonchev–Trinajstić information content (AvgIpc) is 2.53. The minimum atomic E-state index is -5.05. The van der Waals surface area contributed by atoms with Gasteiger partial charge in [-0.05, 0) is 18.7 Å². The number of hydrazone groups is 1. The van der Waals surface area contributed by atoms with Gasteiger partial charge in [-0.2, -0.15) is 18.3 Å². The van der Waals surface area contributed by atoms with Gasteiger partial charge in [0.2, 0.25) is 0 Å². The van der Waals surface area contributed by atoms with E-state index in [9.17, 15) is 26.7 Å². The molecule has 0 aromatic heterocycles. The predicted molar refractivity (Wildman–Crippen MR) is 64.2 cm³/mol. The third-order valence-corrected chi connectivity index (χ3v) is 4.84. The van der Waals surface area contributed by atoms with Crippen molar-refractivity contribution in [1.29, 1.82) is 0 Å². The zero-order chi connectivity index (χ0) is 14.6. The van der Waals surface area contributed by atoms with Gasteiger partial charge in [-0.3, -0.25) is 0 Å². The number of rotatable bonds is 1. The summed E-state index contributed by atoms with van der Waals surface area (Å²) in [5, 5.41) is 12.9. The van der Waals surface area contributed by atoms with E-state index < -0.39 is 33.5 Å². The number of aliphatic hydroxyl groups is 1. The number of aliphatic imine (C=N–C) groups is 1. The van der Waals surface area contributed by atoms with Crippen LogP contribution in [0.25, 0.3) is 0 Å². The Morgan fingerprint density at radius 2 is 2.11 bits per heavy atom. The minimum Gasteiger partial charge on any atom is -0.362 e. The molecule has 19 heavy (non-hydrogen) atoms. The van der Waals surface area contributed by atoms with Crippen LogP contribution in [0.3, 0.4) is 0 Å². The molecule has 2 atom stereocenters. The van der Waals surface area contributed by atoms with Crippen molar-refractivity contribution < 1.29 is 26.7 Å². The number of hydrogen-bond donors (Lipinski definition) is 1. The topological polar surface area (TPSA) is 82.3 Å². The molecule has 0 spiro atoms. The first-order valence-electron chi connectivity index (χ1n) is 5.04. The number of hydrogen-bond acceptors (Lipinski definition) is 7. The Bertz CT molecular complexity index is 572. The highest BCUT2D eigenvalue weighted by Gasteiger charge is 2.60. The molecule has 0 aromatic carbocycles. The molecule has 1 N–H and O–H groups in total. The van der Waals surface area contributed by atoms with E-state index in [0.29, 0.717) is 5.04 Å². The molecule has 0 bridgehead atoms. The van der Waals surface area contributed by atoms with Crippen LogP contribution in [0.5, 0.6) is 0 Å². The third-order valence-electron chi connectivity index (χ3n) is 2.64. The Morgan fingerprint density at radius 1 is 1.53 bits per heavy atom. The van der Waals surface area contributed by atoms with Crippen LogP contribution in [0, 0.1) is 0 Å². The summed E-state index contributed by atoms with van der Waals surface area (Å²) in [5.41, 5.74) is -3.40. The zero-order valence-electron chi connectivity index (χ0n) is 9.84. The van der Waals surface area contributed by atoms with Crippen LogP contribution in [-0.4, -0.2) is 52.3 Å². The first kappa shape index (κ1) is 14.6. The molecule has 0 amide bonds. The molecule has 0 aliphatic carbocycles. The maximum Gasteiger partial charge on any atom is 0.438 e. The van der Waals surface area contributed by atoms with Crippen LogP contribution >= 0.6 is 11.8 Å². The Hall–Kier alpha value is -0.810. The molecular formula is C8H10F3N3O3S2. The van der Waals surface area contributed by atoms with E-state index >= 15 is 0 Å². The molecule has 6 nitrogen and oxygen atoms in total. The number of halogens is 3. The van der Waals surface area contributed by atoms with Crippen LogP contribution in [0.15, 0.2) is 10.1 Å². The Balaban J connectivity index is 2.53. The van der Waals surface area contributed by atoms with Gasteiger partial charge >= 0.3 is 6.18 Å². The summed E-state index contributed by atoms with van der Waals surface area (Å²) >= 11 is 0.789. The molecule has 0 radical (unpaired) electrons. The van der Waals surface area contributed by atoms with Crippen molar-refractivity contribution >= 4 is 31.8 Å². The minimum absolute atomic E-state index is 0.265. The molecule has 2 aliphatic heterocycles. The second-order valence-corrected chi connectivity index (χ2v) is 7.63. The van der Waals surface area contributed by atoms with E-state index in [1.165, 1.54) is 6.92 Å². The van der Waals surface area contributed by atoms with E-state index in [2.05, 4.69) is 10.1 Å². The summed E-state index contributed by atoms with van der Waals surface area (Å²) in [6, 6.07) is 0. The van der Waals surface area contributed by atoms with E-state index in [1.54, 1.807) is 0 Å². The van der Waals surface area contributed by atoms with Crippen molar-refractivity contribution in [2.24, 2.45) is 10.1 Å². The second kappa shape index (κ2) is 4.09. The third kappa shape index (κ3) is 2.46. The van der Waals surface area contributed by atoms with Crippen LogP contribution in [0.4, 0.5) is 13.2 Å². The molecular weight excluding hydrogens is 307 g/mol. The molecule has 2 unspecified atom stereocenters. The van der Waals surface area contributed by atoms with Gasteiger partial charge in [0.05, 0.1) is 5.04 Å². The first-order valence-corrected chi connectivity index (χ1v) is 7.81. The lowest BCUT2D eigenvalue weighted by molar-refractivity contribution is -0.262. The number of thioether (sulfide) groups is 1. The van der Waals surface area contributed by atoms with Crippen molar-refractivity contribution in [3.8, 4) is 0 Å². The normalized spacial score (nSPS) is 31.9. The van der Waals surface area contributed by atoms with Crippen molar-refractivity contribution in [3.63, 3.8) is 0 Å². The number of sulfone groups is 1. The highest BCUT2D eigenvalue weighted by Crippen LogP contribution is 2.43. The van der Waals surface area contributed by atoms with Crippen LogP contribution in [-0.2, 0) is 9.84 Å². The maximum absolute atomic E-state index is 12.8. The van der Waals surface area contributed by atoms with Crippen molar-refractivity contribution in [1.82, 2.24) is 5.01 Å². The summed E-state index contributed by atoms with van der Waals surface area (Å²) in [7, 11) is -3.87. The molecule has 2 aliphatic rings. The Labute approximate surface area is 111 Å². The highest BCUT2D eigenvalue weighted by atomic mass is 32.2. The van der Waals surface area contributed by atoms with E-state index in [1.807, 2.05) is 0 Å². The Morgan fingerprint density at radius 3 is 2.58 bits per heavy atom. The van der Waals surface area contributed by atoms with Crippen molar-refractivity contribution in [3.05, 3.63) is 0 Å². The van der Waals surface area contributed by atoms with Crippen LogP contribution in [0.2, 0.25) is 0 Å². The lowest BCUT2D eigenvalue weighted by Crippen LogP contribution is -2.55. The fourth-order valence-corrected chi connectivity index (χ4v) is 3.66. The summed E-state index contributed by atoms with van der Waals surface area (Å²) < 4.78 is 61.7. The first-order chi connectivity index (χ1) is 8.44. The number of nitrogens with zero attached hydrogens (tertiary/aromatic N) is 3. The summed E-state index contributed by atoms with van der Waals surface area (Å²) in [5.74, 6) is 0. The number of alkyl halides is 3. The molecule has 2 heterocycles. The van der Waals surface area contributed by atoms with Crippen LogP contribution in [0.1, 0.15) is 13.3 Å². The van der Waals surface area contributed by atoms with E-state index in [0.717, 1.165) is 23.0 Å². The smallest absolute Gasteiger partial charge is 0.362 e. The van der Waals surface area contributed by atoms with Crippen LogP contribution < -0.4 is 0 Å². The monoisotopic (exact) mass is 317 g/mol. The fourth-order valence-electron chi connectivity index (χ4n) is 1.70. The molecule has 108 valence electrons. The largest absolute Gasteiger partial charge is 0.438 e. The van der Waals surface area contributed by atoms with Gasteiger partial charge in [-0.25, -0.2) is 18.4 Å².